The number of carbonyl (C=O) groups excluding carboxylic acids is 1. The minimum atomic E-state index is -2.34. The Hall–Kier alpha value is -3.43. The van der Waals surface area contributed by atoms with Gasteiger partial charge in [0, 0.05) is 13.1 Å². The molecule has 1 fully saturated rings. The van der Waals surface area contributed by atoms with Crippen molar-refractivity contribution in [2.45, 2.75) is 36.8 Å². The topological polar surface area (TPSA) is 156 Å². The highest BCUT2D eigenvalue weighted by molar-refractivity contribution is 6.03. The number of rotatable bonds is 7. The van der Waals surface area contributed by atoms with Crippen LogP contribution in [0.5, 0.6) is 0 Å². The average Bonchev–Trinajstić information content (AvgIpc) is 3.18. The zero-order chi connectivity index (χ0) is 28.5. The molecule has 1 saturated heterocycles. The zero-order valence-corrected chi connectivity index (χ0v) is 20.7. The summed E-state index contributed by atoms with van der Waals surface area (Å²) in [5, 5.41) is 35.5. The minimum absolute atomic E-state index is 0.208. The van der Waals surface area contributed by atoms with E-state index in [-0.39, 0.29) is 18.0 Å². The highest BCUT2D eigenvalue weighted by Gasteiger charge is 2.32. The van der Waals surface area contributed by atoms with Gasteiger partial charge in [-0.1, -0.05) is 0 Å². The van der Waals surface area contributed by atoms with Crippen LogP contribution in [0.2, 0.25) is 0 Å². The number of aliphatic hydroxyl groups excluding tert-OH is 2. The monoisotopic (exact) mass is 553 g/mol. The van der Waals surface area contributed by atoms with Crippen molar-refractivity contribution in [2.75, 3.05) is 25.1 Å². The van der Waals surface area contributed by atoms with Crippen LogP contribution in [0.3, 0.4) is 0 Å². The summed E-state index contributed by atoms with van der Waals surface area (Å²) in [5.74, 6) is -4.69. The molecule has 1 aliphatic rings. The normalized spacial score (nSPS) is 20.1. The van der Waals surface area contributed by atoms with E-state index in [9.17, 15) is 37.7 Å². The lowest BCUT2D eigenvalue weighted by Gasteiger charge is -2.24. The largest absolute Gasteiger partial charge is 0.393 e. The molecule has 0 unspecified atom stereocenters. The lowest BCUT2D eigenvalue weighted by atomic mass is 9.93. The van der Waals surface area contributed by atoms with Crippen molar-refractivity contribution in [1.29, 1.82) is 0 Å². The van der Waals surface area contributed by atoms with Crippen LogP contribution in [0.25, 0.3) is 11.3 Å². The van der Waals surface area contributed by atoms with Crippen molar-refractivity contribution < 1.29 is 42.4 Å². The first-order chi connectivity index (χ1) is 18.5. The summed E-state index contributed by atoms with van der Waals surface area (Å²) in [4.78, 5) is 16.9. The molecule has 3 heterocycles. The maximum Gasteiger partial charge on any atom is 0.274 e. The summed E-state index contributed by atoms with van der Waals surface area (Å²) in [6.07, 6.45) is 0.0463. The van der Waals surface area contributed by atoms with Gasteiger partial charge in [-0.05, 0) is 42.7 Å². The van der Waals surface area contributed by atoms with Crippen LogP contribution in [0, 0.1) is 17.5 Å². The summed E-state index contributed by atoms with van der Waals surface area (Å²) >= 11 is 0. The molecule has 10 nitrogen and oxygen atoms in total. The molecule has 1 amide bonds. The number of aromatic nitrogens is 3. The molecule has 1 aromatic carbocycles. The predicted octanol–water partition coefficient (Wildman–Crippen LogP) is 1.84. The number of carbonyl (C=O) groups is 1. The van der Waals surface area contributed by atoms with E-state index in [1.165, 1.54) is 10.9 Å². The zero-order valence-electron chi connectivity index (χ0n) is 20.7. The summed E-state index contributed by atoms with van der Waals surface area (Å²) in [5.41, 5.74) is 1.48. The van der Waals surface area contributed by atoms with E-state index in [1.807, 2.05) is 0 Å². The van der Waals surface area contributed by atoms with Gasteiger partial charge in [0.05, 0.1) is 43.0 Å². The maximum absolute atomic E-state index is 14.9. The lowest BCUT2D eigenvalue weighted by molar-refractivity contribution is -0.0601. The summed E-state index contributed by atoms with van der Waals surface area (Å²) in [7, 11) is 1.60. The number of aliphatic hydroxyl groups is 3. The number of hydrogen-bond donors (Lipinski definition) is 5. The third-order valence-corrected chi connectivity index (χ3v) is 6.64. The number of halogens is 4. The number of nitrogens with zero attached hydrogens (tertiary/aromatic N) is 3. The molecule has 2 aromatic heterocycles. The number of amides is 1. The Morgan fingerprint density at radius 2 is 1.85 bits per heavy atom. The van der Waals surface area contributed by atoms with Gasteiger partial charge in [-0.2, -0.15) is 5.10 Å². The van der Waals surface area contributed by atoms with Crippen molar-refractivity contribution in [1.82, 2.24) is 14.8 Å². The van der Waals surface area contributed by atoms with Gasteiger partial charge in [-0.25, -0.2) is 22.5 Å². The van der Waals surface area contributed by atoms with Gasteiger partial charge in [0.15, 0.2) is 0 Å². The van der Waals surface area contributed by atoms with E-state index < -0.39 is 77.3 Å². The third kappa shape index (κ3) is 5.65. The summed E-state index contributed by atoms with van der Waals surface area (Å²) < 4.78 is 65.6. The molecule has 1 aliphatic heterocycles. The van der Waals surface area contributed by atoms with E-state index in [1.54, 1.807) is 7.05 Å². The van der Waals surface area contributed by atoms with E-state index in [0.717, 1.165) is 12.1 Å². The number of nitrogens with one attached hydrogen (secondary N) is 1. The van der Waals surface area contributed by atoms with Crippen LogP contribution in [-0.2, 0) is 17.4 Å². The highest BCUT2D eigenvalue weighted by atomic mass is 19.1. The maximum atomic E-state index is 14.9. The highest BCUT2D eigenvalue weighted by Crippen LogP contribution is 2.34. The molecule has 0 saturated carbocycles. The molecule has 4 rings (SSSR count). The molecule has 39 heavy (non-hydrogen) atoms. The van der Waals surface area contributed by atoms with Crippen molar-refractivity contribution in [2.24, 2.45) is 12.8 Å². The van der Waals surface area contributed by atoms with Crippen LogP contribution in [0.4, 0.5) is 23.2 Å². The van der Waals surface area contributed by atoms with Crippen LogP contribution >= 0.6 is 0 Å². The molecule has 3 aromatic rings. The van der Waals surface area contributed by atoms with E-state index >= 15 is 0 Å². The van der Waals surface area contributed by atoms with Gasteiger partial charge in [0.1, 0.15) is 46.7 Å². The van der Waals surface area contributed by atoms with Crippen molar-refractivity contribution in [3.8, 4) is 11.3 Å². The third-order valence-electron chi connectivity index (χ3n) is 6.64. The number of anilines is 1. The van der Waals surface area contributed by atoms with Gasteiger partial charge in [0.2, 0.25) is 0 Å². The molecule has 3 atom stereocenters. The van der Waals surface area contributed by atoms with Gasteiger partial charge in [0.25, 0.3) is 5.91 Å². The number of ether oxygens (including phenoxy) is 1. The molecule has 0 bridgehead atoms. The fraction of sp³-hybridized carbons (Fsp3) is 0.400. The molecule has 14 heteroatoms. The second-order valence-corrected chi connectivity index (χ2v) is 9.29. The molecule has 0 radical (unpaired) electrons. The van der Waals surface area contributed by atoms with Crippen molar-refractivity contribution in [3.63, 3.8) is 0 Å². The fourth-order valence-corrected chi connectivity index (χ4v) is 4.31. The number of benzene rings is 1. The van der Waals surface area contributed by atoms with E-state index in [0.29, 0.717) is 30.7 Å². The molecule has 0 spiro atoms. The first kappa shape index (κ1) is 28.6. The Morgan fingerprint density at radius 1 is 1.18 bits per heavy atom. The van der Waals surface area contributed by atoms with Crippen LogP contribution in [0.1, 0.15) is 40.7 Å². The average molecular weight is 554 g/mol. The molecule has 0 aliphatic carbocycles. The Kier molecular flexibility index (Phi) is 8.32. The standard InChI is InChI=1S/C25H27F4N5O5/c1-34-23(20-5-3-17(30)16(29)9-39-20)19(8-31-34)33-24(37)18-4-2-13(26)22(32-18)21-14(27)6-12(7-15(21)28)25(38,10-35)11-36/h2,4,6-8,16-17,20,35-36,38H,3,5,9-11,30H2,1H3,(H,33,37)/t16-,17+,20-/m0/s1. The predicted molar refractivity (Wildman–Crippen MR) is 130 cm³/mol. The number of aryl methyl sites for hydroxylation is 1. The first-order valence-electron chi connectivity index (χ1n) is 11.9. The Labute approximate surface area is 220 Å². The second kappa shape index (κ2) is 11.4. The number of nitrogens with two attached hydrogens (primary N) is 1. The number of hydrogen-bond acceptors (Lipinski definition) is 8. The molecule has 210 valence electrons. The smallest absolute Gasteiger partial charge is 0.274 e. The summed E-state index contributed by atoms with van der Waals surface area (Å²) in [6, 6.07) is 2.38. The number of alkyl halides is 1. The van der Waals surface area contributed by atoms with Crippen molar-refractivity contribution in [3.05, 3.63) is 64.9 Å². The Morgan fingerprint density at radius 3 is 2.49 bits per heavy atom. The molecular formula is C25H27F4N5O5. The van der Waals surface area contributed by atoms with Crippen molar-refractivity contribution >= 4 is 11.6 Å². The quantitative estimate of drug-likeness (QED) is 0.278. The van der Waals surface area contributed by atoms with Crippen LogP contribution in [-0.4, -0.2) is 68.0 Å². The number of pyridine rings is 1. The van der Waals surface area contributed by atoms with Gasteiger partial charge in [-0.15, -0.1) is 0 Å². The second-order valence-electron chi connectivity index (χ2n) is 9.29. The van der Waals surface area contributed by atoms with E-state index in [4.69, 9.17) is 10.5 Å². The first-order valence-corrected chi connectivity index (χ1v) is 11.9. The fourth-order valence-electron chi connectivity index (χ4n) is 4.31. The van der Waals surface area contributed by atoms with Gasteiger partial charge >= 0.3 is 0 Å². The summed E-state index contributed by atoms with van der Waals surface area (Å²) in [6.45, 7) is -2.31. The van der Waals surface area contributed by atoms with Gasteiger partial charge in [-0.3, -0.25) is 9.48 Å². The van der Waals surface area contributed by atoms with E-state index in [2.05, 4.69) is 15.4 Å². The minimum Gasteiger partial charge on any atom is -0.393 e. The van der Waals surface area contributed by atoms with Crippen LogP contribution in [0.15, 0.2) is 30.5 Å². The Bertz CT molecular complexity index is 1330. The SMILES string of the molecule is Cn1ncc(NC(=O)c2ccc(F)c(-c3c(F)cc(C(O)(CO)CO)cc3F)n2)c1[C@@H]1CC[C@@H](N)[C@@H](F)CO1. The van der Waals surface area contributed by atoms with Crippen LogP contribution < -0.4 is 11.1 Å². The molecular weight excluding hydrogens is 526 g/mol. The molecule has 6 N–H and O–H groups in total. The lowest BCUT2D eigenvalue weighted by Crippen LogP contribution is -2.34. The van der Waals surface area contributed by atoms with Gasteiger partial charge < -0.3 is 31.1 Å². The Balaban J connectivity index is 1.64.